The molecule has 0 saturated heterocycles. The lowest BCUT2D eigenvalue weighted by Crippen LogP contribution is -2.16. The van der Waals surface area contributed by atoms with E-state index < -0.39 is 11.9 Å². The minimum Gasteiger partial charge on any atom is -0.465 e. The number of hydrogen-bond acceptors (Lipinski definition) is 6. The van der Waals surface area contributed by atoms with E-state index in [-0.39, 0.29) is 5.57 Å². The van der Waals surface area contributed by atoms with Crippen molar-refractivity contribution in [1.82, 2.24) is 4.98 Å². The van der Waals surface area contributed by atoms with Crippen LogP contribution in [-0.4, -0.2) is 24.0 Å². The minimum absolute atomic E-state index is 0.0432. The summed E-state index contributed by atoms with van der Waals surface area (Å²) in [4.78, 5) is 29.8. The van der Waals surface area contributed by atoms with Gasteiger partial charge in [-0.2, -0.15) is 5.26 Å². The van der Waals surface area contributed by atoms with Crippen molar-refractivity contribution in [2.75, 3.05) is 12.4 Å². The van der Waals surface area contributed by atoms with Crippen LogP contribution in [0.4, 0.5) is 5.00 Å². The molecule has 0 aromatic carbocycles. The van der Waals surface area contributed by atoms with Crippen LogP contribution in [0.3, 0.4) is 0 Å². The zero-order valence-corrected chi connectivity index (χ0v) is 15.1. The van der Waals surface area contributed by atoms with Crippen LogP contribution in [0, 0.1) is 11.3 Å². The SMILES string of the molecule is COC(=O)c1c(NC(=O)/C(C#N)=C\c2ccncc2)sc2c1CCCC2. The van der Waals surface area contributed by atoms with Gasteiger partial charge in [-0.1, -0.05) is 0 Å². The molecule has 6 nitrogen and oxygen atoms in total. The third-order valence-corrected chi connectivity index (χ3v) is 5.38. The molecule has 0 saturated carbocycles. The van der Waals surface area contributed by atoms with E-state index in [0.29, 0.717) is 16.1 Å². The molecule has 132 valence electrons. The van der Waals surface area contributed by atoms with Crippen molar-refractivity contribution in [3.63, 3.8) is 0 Å². The fourth-order valence-corrected chi connectivity index (χ4v) is 4.19. The highest BCUT2D eigenvalue weighted by atomic mass is 32.1. The maximum atomic E-state index is 12.6. The average Bonchev–Trinajstić information content (AvgIpc) is 3.04. The van der Waals surface area contributed by atoms with Crippen molar-refractivity contribution >= 4 is 34.3 Å². The molecule has 0 spiro atoms. The number of hydrogen-bond donors (Lipinski definition) is 1. The first-order valence-corrected chi connectivity index (χ1v) is 9.01. The molecule has 7 heteroatoms. The Bertz CT molecular complexity index is 910. The summed E-state index contributed by atoms with van der Waals surface area (Å²) in [5.41, 5.74) is 2.03. The number of anilines is 1. The fourth-order valence-electron chi connectivity index (χ4n) is 2.92. The summed E-state index contributed by atoms with van der Waals surface area (Å²) in [6, 6.07) is 5.32. The molecule has 0 bridgehead atoms. The van der Waals surface area contributed by atoms with E-state index in [9.17, 15) is 14.9 Å². The van der Waals surface area contributed by atoms with E-state index in [1.807, 2.05) is 6.07 Å². The molecule has 1 amide bonds. The zero-order valence-electron chi connectivity index (χ0n) is 14.2. The monoisotopic (exact) mass is 367 g/mol. The van der Waals surface area contributed by atoms with Crippen molar-refractivity contribution in [3.8, 4) is 6.07 Å². The minimum atomic E-state index is -0.548. The van der Waals surface area contributed by atoms with Crippen LogP contribution < -0.4 is 5.32 Å². The Morgan fingerprint density at radius 1 is 1.31 bits per heavy atom. The Kier molecular flexibility index (Phi) is 5.44. The molecule has 2 aromatic heterocycles. The summed E-state index contributed by atoms with van der Waals surface area (Å²) in [5.74, 6) is -1.01. The number of nitrogens with zero attached hydrogens (tertiary/aromatic N) is 2. The van der Waals surface area contributed by atoms with Crippen LogP contribution in [0.15, 0.2) is 30.1 Å². The third kappa shape index (κ3) is 3.65. The van der Waals surface area contributed by atoms with Crippen LogP contribution in [0.2, 0.25) is 0 Å². The number of carbonyl (C=O) groups is 2. The standard InChI is InChI=1S/C19H17N3O3S/c1-25-19(24)16-14-4-2-3-5-15(14)26-18(16)22-17(23)13(11-20)10-12-6-8-21-9-7-12/h6-10H,2-5H2,1H3,(H,22,23)/b13-10-. The molecular formula is C19H17N3O3S. The maximum absolute atomic E-state index is 12.6. The molecule has 0 radical (unpaired) electrons. The molecule has 0 unspecified atom stereocenters. The Labute approximate surface area is 155 Å². The lowest BCUT2D eigenvalue weighted by molar-refractivity contribution is -0.112. The number of carbonyl (C=O) groups excluding carboxylic acids is 2. The lowest BCUT2D eigenvalue weighted by atomic mass is 9.95. The number of rotatable bonds is 4. The van der Waals surface area contributed by atoms with Gasteiger partial charge in [0.05, 0.1) is 12.7 Å². The van der Waals surface area contributed by atoms with Crippen molar-refractivity contribution in [2.45, 2.75) is 25.7 Å². The summed E-state index contributed by atoms with van der Waals surface area (Å²) in [6.07, 6.45) is 8.41. The molecule has 1 aliphatic rings. The normalized spacial score (nSPS) is 13.5. The number of esters is 1. The second-order valence-electron chi connectivity index (χ2n) is 5.81. The summed E-state index contributed by atoms with van der Waals surface area (Å²) in [5, 5.41) is 12.5. The molecule has 1 N–H and O–H groups in total. The second kappa shape index (κ2) is 7.93. The smallest absolute Gasteiger partial charge is 0.341 e. The van der Waals surface area contributed by atoms with Crippen LogP contribution >= 0.6 is 11.3 Å². The Morgan fingerprint density at radius 2 is 2.04 bits per heavy atom. The molecule has 1 aliphatic carbocycles. The highest BCUT2D eigenvalue weighted by Gasteiger charge is 2.27. The maximum Gasteiger partial charge on any atom is 0.341 e. The third-order valence-electron chi connectivity index (χ3n) is 4.17. The first kappa shape index (κ1) is 17.8. The largest absolute Gasteiger partial charge is 0.465 e. The first-order valence-electron chi connectivity index (χ1n) is 8.20. The van der Waals surface area contributed by atoms with Gasteiger partial charge in [-0.15, -0.1) is 11.3 Å². The number of nitrogens with one attached hydrogen (secondary N) is 1. The number of ether oxygens (including phenoxy) is 1. The molecule has 26 heavy (non-hydrogen) atoms. The van der Waals surface area contributed by atoms with E-state index >= 15 is 0 Å². The number of aromatic nitrogens is 1. The van der Waals surface area contributed by atoms with Gasteiger partial charge in [-0.05, 0) is 55.0 Å². The van der Waals surface area contributed by atoms with Gasteiger partial charge in [-0.25, -0.2) is 4.79 Å². The van der Waals surface area contributed by atoms with E-state index in [2.05, 4.69) is 10.3 Å². The van der Waals surface area contributed by atoms with Crippen molar-refractivity contribution in [3.05, 3.63) is 51.7 Å². The Balaban J connectivity index is 1.91. The van der Waals surface area contributed by atoms with Gasteiger partial charge in [-0.3, -0.25) is 9.78 Å². The highest BCUT2D eigenvalue weighted by molar-refractivity contribution is 7.17. The average molecular weight is 367 g/mol. The van der Waals surface area contributed by atoms with Crippen molar-refractivity contribution in [1.29, 1.82) is 5.26 Å². The topological polar surface area (TPSA) is 92.1 Å². The molecule has 0 aliphatic heterocycles. The van der Waals surface area contributed by atoms with E-state index in [1.54, 1.807) is 24.5 Å². The van der Waals surface area contributed by atoms with E-state index in [1.165, 1.54) is 24.5 Å². The number of methoxy groups -OCH3 is 1. The fraction of sp³-hybridized carbons (Fsp3) is 0.263. The van der Waals surface area contributed by atoms with Gasteiger partial charge in [0.1, 0.15) is 16.6 Å². The highest BCUT2D eigenvalue weighted by Crippen LogP contribution is 2.38. The van der Waals surface area contributed by atoms with Gasteiger partial charge in [0.15, 0.2) is 0 Å². The first-order chi connectivity index (χ1) is 12.6. The van der Waals surface area contributed by atoms with Crippen LogP contribution in [0.5, 0.6) is 0 Å². The predicted molar refractivity (Wildman–Crippen MR) is 98.8 cm³/mol. The summed E-state index contributed by atoms with van der Waals surface area (Å²) >= 11 is 1.39. The number of aryl methyl sites for hydroxylation is 1. The van der Waals surface area contributed by atoms with Gasteiger partial charge < -0.3 is 10.1 Å². The summed E-state index contributed by atoms with van der Waals surface area (Å²) in [7, 11) is 1.32. The Morgan fingerprint density at radius 3 is 2.73 bits per heavy atom. The van der Waals surface area contributed by atoms with Gasteiger partial charge in [0, 0.05) is 17.3 Å². The molecule has 2 aromatic rings. The lowest BCUT2D eigenvalue weighted by Gasteiger charge is -2.11. The molecule has 3 rings (SSSR count). The number of thiophene rings is 1. The number of amides is 1. The van der Waals surface area contributed by atoms with E-state index in [0.717, 1.165) is 36.1 Å². The second-order valence-corrected chi connectivity index (χ2v) is 6.92. The molecular weight excluding hydrogens is 350 g/mol. The van der Waals surface area contributed by atoms with Gasteiger partial charge >= 0.3 is 5.97 Å². The Hall–Kier alpha value is -2.98. The summed E-state index contributed by atoms with van der Waals surface area (Å²) in [6.45, 7) is 0. The van der Waals surface area contributed by atoms with E-state index in [4.69, 9.17) is 4.74 Å². The zero-order chi connectivity index (χ0) is 18.5. The van der Waals surface area contributed by atoms with Crippen LogP contribution in [-0.2, 0) is 22.4 Å². The predicted octanol–water partition coefficient (Wildman–Crippen LogP) is 3.35. The number of nitriles is 1. The van der Waals surface area contributed by atoms with Gasteiger partial charge in [0.2, 0.25) is 0 Å². The number of pyridine rings is 1. The number of fused-ring (bicyclic) bond motifs is 1. The van der Waals surface area contributed by atoms with Gasteiger partial charge in [0.25, 0.3) is 5.91 Å². The molecule has 2 heterocycles. The van der Waals surface area contributed by atoms with Crippen molar-refractivity contribution < 1.29 is 14.3 Å². The summed E-state index contributed by atoms with van der Waals surface area (Å²) < 4.78 is 4.90. The van der Waals surface area contributed by atoms with Crippen molar-refractivity contribution in [2.24, 2.45) is 0 Å². The van der Waals surface area contributed by atoms with Crippen LogP contribution in [0.1, 0.15) is 39.2 Å². The quantitative estimate of drug-likeness (QED) is 0.508. The van der Waals surface area contributed by atoms with Crippen LogP contribution in [0.25, 0.3) is 6.08 Å². The molecule has 0 atom stereocenters. The molecule has 0 fully saturated rings.